The lowest BCUT2D eigenvalue weighted by atomic mass is 10.1. The molecule has 2 aliphatic rings. The number of hydrogen-bond donors (Lipinski definition) is 1. The van der Waals surface area contributed by atoms with Crippen LogP contribution < -0.4 is 5.73 Å². The fraction of sp³-hybridized carbons (Fsp3) is 0.429. The Kier molecular flexibility index (Phi) is 6.95. The minimum atomic E-state index is -3.14. The molecule has 2 fully saturated rings. The summed E-state index contributed by atoms with van der Waals surface area (Å²) in [7, 11) is -3.13. The molecule has 1 aliphatic heterocycles. The van der Waals surface area contributed by atoms with Crippen molar-refractivity contribution in [3.63, 3.8) is 0 Å². The Balaban J connectivity index is 0.000000189. The molecule has 0 radical (unpaired) electrons. The van der Waals surface area contributed by atoms with Crippen LogP contribution in [0, 0.1) is 17.5 Å². The number of piperidine rings is 1. The maximum absolute atomic E-state index is 14.2. The first-order valence-electron chi connectivity index (χ1n) is 10.7. The van der Waals surface area contributed by atoms with Crippen LogP contribution in [0.15, 0.2) is 24.4 Å². The van der Waals surface area contributed by atoms with Gasteiger partial charge in [-0.25, -0.2) is 44.3 Å². The highest BCUT2D eigenvalue weighted by molar-refractivity contribution is 7.90. The van der Waals surface area contributed by atoms with Crippen LogP contribution in [0.3, 0.4) is 0 Å². The molecule has 14 heteroatoms. The minimum Gasteiger partial charge on any atom is -0.367 e. The van der Waals surface area contributed by atoms with Gasteiger partial charge in [0, 0.05) is 19.2 Å². The van der Waals surface area contributed by atoms with Gasteiger partial charge >= 0.3 is 0 Å². The highest BCUT2D eigenvalue weighted by atomic mass is 32.2. The zero-order valence-corrected chi connectivity index (χ0v) is 19.0. The molecule has 1 aromatic carbocycles. The molecule has 190 valence electrons. The molecule has 1 saturated carbocycles. The quantitative estimate of drug-likeness (QED) is 0.519. The number of sulfonamides is 1. The van der Waals surface area contributed by atoms with Crippen molar-refractivity contribution in [2.75, 3.05) is 18.8 Å². The molecule has 0 bridgehead atoms. The lowest BCUT2D eigenvalue weighted by Crippen LogP contribution is -2.42. The van der Waals surface area contributed by atoms with E-state index >= 15 is 0 Å². The van der Waals surface area contributed by atoms with Crippen LogP contribution in [0.4, 0.5) is 32.3 Å². The highest BCUT2D eigenvalue weighted by Crippen LogP contribution is 2.34. The van der Waals surface area contributed by atoms with E-state index in [1.54, 1.807) is 0 Å². The molecule has 5 rings (SSSR count). The number of fused-ring (bicyclic) bond motifs is 1. The minimum absolute atomic E-state index is 0.0822. The number of nitrogen functional groups attached to an aromatic ring is 1. The average molecular weight is 521 g/mol. The first kappa shape index (κ1) is 25.2. The van der Waals surface area contributed by atoms with E-state index in [2.05, 4.69) is 10.1 Å². The summed E-state index contributed by atoms with van der Waals surface area (Å²) in [4.78, 5) is 3.56. The van der Waals surface area contributed by atoms with Crippen LogP contribution in [0.1, 0.15) is 37.7 Å². The summed E-state index contributed by atoms with van der Waals surface area (Å²) in [6, 6.07) is 2.09. The number of nitrogens with two attached hydrogens (primary N) is 1. The maximum Gasteiger partial charge on any atom is 0.266 e. The van der Waals surface area contributed by atoms with E-state index in [-0.39, 0.29) is 29.0 Å². The van der Waals surface area contributed by atoms with E-state index in [0.717, 1.165) is 29.6 Å². The van der Waals surface area contributed by atoms with E-state index in [4.69, 9.17) is 5.73 Å². The van der Waals surface area contributed by atoms with Crippen molar-refractivity contribution in [2.45, 2.75) is 43.5 Å². The van der Waals surface area contributed by atoms with Crippen molar-refractivity contribution in [3.8, 4) is 11.3 Å². The second kappa shape index (κ2) is 9.64. The van der Waals surface area contributed by atoms with E-state index in [0.29, 0.717) is 31.5 Å². The summed E-state index contributed by atoms with van der Waals surface area (Å²) in [6.07, 6.45) is -0.388. The van der Waals surface area contributed by atoms with Gasteiger partial charge in [0.1, 0.15) is 23.3 Å². The van der Waals surface area contributed by atoms with Crippen molar-refractivity contribution < 1.29 is 34.8 Å². The third-order valence-corrected chi connectivity index (χ3v) is 8.10. The topological polar surface area (TPSA) is 93.6 Å². The summed E-state index contributed by atoms with van der Waals surface area (Å²) >= 11 is 0. The van der Waals surface area contributed by atoms with E-state index in [1.807, 2.05) is 0 Å². The Morgan fingerprint density at radius 1 is 1.09 bits per heavy atom. The third-order valence-electron chi connectivity index (χ3n) is 5.73. The Labute approximate surface area is 196 Å². The molecule has 3 heterocycles. The van der Waals surface area contributed by atoms with E-state index < -0.39 is 51.2 Å². The lowest BCUT2D eigenvalue weighted by Gasteiger charge is -2.28. The number of aromatic nitrogens is 3. The number of nitrogens with zero attached hydrogens (tertiary/aromatic N) is 4. The second-order valence-corrected chi connectivity index (χ2v) is 10.5. The van der Waals surface area contributed by atoms with Gasteiger partial charge in [0.05, 0.1) is 28.3 Å². The summed E-state index contributed by atoms with van der Waals surface area (Å²) in [5.74, 6) is -3.74. The Morgan fingerprint density at radius 2 is 1.80 bits per heavy atom. The van der Waals surface area contributed by atoms with Gasteiger partial charge in [-0.1, -0.05) is 0 Å². The van der Waals surface area contributed by atoms with Crippen molar-refractivity contribution in [1.29, 1.82) is 0 Å². The summed E-state index contributed by atoms with van der Waals surface area (Å²) in [5, 5.41) is 3.46. The van der Waals surface area contributed by atoms with Crippen LogP contribution in [0.2, 0.25) is 0 Å². The first-order chi connectivity index (χ1) is 16.5. The number of anilines is 1. The van der Waals surface area contributed by atoms with Gasteiger partial charge in [0.15, 0.2) is 5.82 Å². The fourth-order valence-corrected chi connectivity index (χ4v) is 5.72. The molecular formula is C21H21F6N5O2S. The Hall–Kier alpha value is -2.87. The molecule has 35 heavy (non-hydrogen) atoms. The van der Waals surface area contributed by atoms with E-state index in [9.17, 15) is 34.8 Å². The molecule has 1 atom stereocenters. The smallest absolute Gasteiger partial charge is 0.266 e. The molecular weight excluding hydrogens is 500 g/mol. The first-order valence-corrected chi connectivity index (χ1v) is 12.2. The SMILES string of the molecule is Nc1ncc2c(F)cc(-c3c(F)ccc(C(F)F)c3F)n2n1.O=S(=O)(C1CC1)N1CCCC(F)C1. The number of alkyl halides is 3. The second-order valence-electron chi connectivity index (χ2n) is 8.26. The van der Waals surface area contributed by atoms with E-state index in [1.165, 1.54) is 4.31 Å². The van der Waals surface area contributed by atoms with Crippen molar-refractivity contribution in [1.82, 2.24) is 18.9 Å². The van der Waals surface area contributed by atoms with Crippen LogP contribution in [-0.2, 0) is 10.0 Å². The molecule has 3 aromatic rings. The van der Waals surface area contributed by atoms with Gasteiger partial charge in [0.25, 0.3) is 6.43 Å². The highest BCUT2D eigenvalue weighted by Gasteiger charge is 2.41. The molecule has 0 amide bonds. The predicted molar refractivity (Wildman–Crippen MR) is 115 cm³/mol. The Bertz CT molecular complexity index is 1350. The number of halogens is 6. The zero-order valence-electron chi connectivity index (χ0n) is 18.1. The van der Waals surface area contributed by atoms with Crippen molar-refractivity contribution in [2.24, 2.45) is 0 Å². The van der Waals surface area contributed by atoms with Crippen LogP contribution in [-0.4, -0.2) is 51.8 Å². The van der Waals surface area contributed by atoms with Gasteiger partial charge in [-0.15, -0.1) is 5.10 Å². The molecule has 1 saturated heterocycles. The summed E-state index contributed by atoms with van der Waals surface area (Å²) in [6.45, 7) is 0.595. The van der Waals surface area contributed by atoms with Crippen LogP contribution >= 0.6 is 0 Å². The number of hydrogen-bond acceptors (Lipinski definition) is 5. The number of rotatable bonds is 4. The summed E-state index contributed by atoms with van der Waals surface area (Å²) < 4.78 is 106. The largest absolute Gasteiger partial charge is 0.367 e. The monoisotopic (exact) mass is 521 g/mol. The molecule has 7 nitrogen and oxygen atoms in total. The zero-order chi connectivity index (χ0) is 25.5. The van der Waals surface area contributed by atoms with Gasteiger partial charge in [0.2, 0.25) is 16.0 Å². The van der Waals surface area contributed by atoms with Gasteiger partial charge in [-0.2, -0.15) is 4.31 Å². The van der Waals surface area contributed by atoms with Gasteiger partial charge in [-0.3, -0.25) is 0 Å². The normalized spacial score (nSPS) is 19.1. The number of benzene rings is 1. The Morgan fingerprint density at radius 3 is 2.43 bits per heavy atom. The molecule has 2 aromatic heterocycles. The molecule has 2 N–H and O–H groups in total. The summed E-state index contributed by atoms with van der Waals surface area (Å²) in [5.41, 5.74) is 2.99. The fourth-order valence-electron chi connectivity index (χ4n) is 3.82. The molecule has 1 aliphatic carbocycles. The maximum atomic E-state index is 14.2. The van der Waals surface area contributed by atoms with Crippen LogP contribution in [0.5, 0.6) is 0 Å². The lowest BCUT2D eigenvalue weighted by molar-refractivity contribution is 0.146. The van der Waals surface area contributed by atoms with Crippen molar-refractivity contribution >= 4 is 21.5 Å². The van der Waals surface area contributed by atoms with Crippen LogP contribution in [0.25, 0.3) is 16.8 Å². The van der Waals surface area contributed by atoms with Gasteiger partial charge in [-0.05, 0) is 37.8 Å². The third kappa shape index (κ3) is 5.08. The molecule has 1 unspecified atom stereocenters. The predicted octanol–water partition coefficient (Wildman–Crippen LogP) is 4.25. The average Bonchev–Trinajstić information content (AvgIpc) is 3.60. The molecule has 0 spiro atoms. The van der Waals surface area contributed by atoms with Crippen molar-refractivity contribution in [3.05, 3.63) is 47.4 Å². The van der Waals surface area contributed by atoms with Gasteiger partial charge < -0.3 is 5.73 Å². The standard InChI is InChI=1S/C13H7F5N4.C8H14FNO2S/c14-6-2-1-5(12(17)18)11(16)10(6)8-3-7(15)9-4-20-13(19)21-22(8)9;9-7-2-1-5-10(6-7)13(11,12)8-3-4-8/h1-4,12H,(H2,19,21);7-8H,1-6H2.